The Labute approximate surface area is 150 Å². The summed E-state index contributed by atoms with van der Waals surface area (Å²) in [4.78, 5) is 16.4. The number of nitrogens with one attached hydrogen (secondary N) is 1. The van der Waals surface area contributed by atoms with E-state index >= 15 is 0 Å². The molecule has 0 bridgehead atoms. The molecule has 132 valence electrons. The SMILES string of the molecule is CCc1cccc2c3c([nH]c12)C(CC)(CC(=O)S(C)(C)S)OCC3. The van der Waals surface area contributed by atoms with E-state index in [1.165, 1.54) is 22.0 Å². The van der Waals surface area contributed by atoms with Crippen molar-refractivity contribution in [2.24, 2.45) is 0 Å². The second-order valence-corrected chi connectivity index (χ2v) is 12.7. The molecule has 0 spiro atoms. The number of aryl methyl sites for hydroxylation is 1. The van der Waals surface area contributed by atoms with Crippen LogP contribution < -0.4 is 0 Å². The van der Waals surface area contributed by atoms with Gasteiger partial charge in [0.15, 0.2) is 5.12 Å². The number of rotatable bonds is 4. The summed E-state index contributed by atoms with van der Waals surface area (Å²) in [6.07, 6.45) is 6.94. The van der Waals surface area contributed by atoms with Crippen LogP contribution in [0.4, 0.5) is 0 Å². The topological polar surface area (TPSA) is 42.1 Å². The van der Waals surface area contributed by atoms with Gasteiger partial charge in [-0.15, -0.1) is 20.7 Å². The third-order valence-corrected chi connectivity index (χ3v) is 7.02. The van der Waals surface area contributed by atoms with Crippen molar-refractivity contribution in [1.29, 1.82) is 0 Å². The van der Waals surface area contributed by atoms with Crippen LogP contribution in [-0.4, -0.2) is 29.2 Å². The van der Waals surface area contributed by atoms with E-state index in [2.05, 4.69) is 48.7 Å². The van der Waals surface area contributed by atoms with E-state index in [4.69, 9.17) is 4.74 Å². The third-order valence-electron chi connectivity index (χ3n) is 5.15. The van der Waals surface area contributed by atoms with Gasteiger partial charge in [-0.2, -0.15) is 0 Å². The van der Waals surface area contributed by atoms with E-state index < -0.39 is 14.7 Å². The van der Waals surface area contributed by atoms with Gasteiger partial charge in [-0.25, -0.2) is 0 Å². The monoisotopic (exact) mass is 365 g/mol. The number of ether oxygens (including phenoxy) is 1. The number of fused-ring (bicyclic) bond motifs is 3. The fourth-order valence-corrected chi connectivity index (χ4v) is 4.43. The van der Waals surface area contributed by atoms with Gasteiger partial charge in [0.05, 0.1) is 18.7 Å². The molecule has 1 aliphatic heterocycles. The first-order valence-corrected chi connectivity index (χ1v) is 12.1. The molecule has 0 radical (unpaired) electrons. The predicted octanol–water partition coefficient (Wildman–Crippen LogP) is 4.73. The van der Waals surface area contributed by atoms with Gasteiger partial charge in [-0.3, -0.25) is 4.79 Å². The Balaban J connectivity index is 2.14. The average molecular weight is 366 g/mol. The highest BCUT2D eigenvalue weighted by Gasteiger charge is 2.42. The molecule has 2 heterocycles. The summed E-state index contributed by atoms with van der Waals surface area (Å²) in [7, 11) is -1.53. The van der Waals surface area contributed by atoms with Crippen LogP contribution in [0.2, 0.25) is 0 Å². The first kappa shape index (κ1) is 17.9. The van der Waals surface area contributed by atoms with Crippen molar-refractivity contribution < 1.29 is 9.53 Å². The Morgan fingerprint density at radius 3 is 2.75 bits per heavy atom. The molecular weight excluding hydrogens is 338 g/mol. The molecule has 0 fully saturated rings. The van der Waals surface area contributed by atoms with Gasteiger partial charge in [0.2, 0.25) is 0 Å². The summed E-state index contributed by atoms with van der Waals surface area (Å²) in [5, 5.41) is 1.49. The summed E-state index contributed by atoms with van der Waals surface area (Å²) in [5.41, 5.74) is 4.42. The van der Waals surface area contributed by atoms with Crippen LogP contribution >= 0.6 is 20.7 Å². The zero-order valence-corrected chi connectivity index (χ0v) is 16.7. The number of thiol groups is 1. The van der Waals surface area contributed by atoms with Gasteiger partial charge in [-0.1, -0.05) is 32.0 Å². The molecule has 24 heavy (non-hydrogen) atoms. The summed E-state index contributed by atoms with van der Waals surface area (Å²) in [6.45, 7) is 4.95. The smallest absolute Gasteiger partial charge is 0.183 e. The Morgan fingerprint density at radius 2 is 2.12 bits per heavy atom. The second kappa shape index (κ2) is 6.43. The van der Waals surface area contributed by atoms with Crippen molar-refractivity contribution in [3.05, 3.63) is 35.0 Å². The highest BCUT2D eigenvalue weighted by atomic mass is 33.1. The van der Waals surface area contributed by atoms with Crippen LogP contribution in [0, 0.1) is 0 Å². The Bertz CT molecular complexity index is 776. The molecule has 0 saturated heterocycles. The predicted molar refractivity (Wildman–Crippen MR) is 107 cm³/mol. The minimum Gasteiger partial charge on any atom is -0.368 e. The normalized spacial score (nSPS) is 21.7. The summed E-state index contributed by atoms with van der Waals surface area (Å²) in [5.74, 6) is 0. The largest absolute Gasteiger partial charge is 0.368 e. The third kappa shape index (κ3) is 2.91. The quantitative estimate of drug-likeness (QED) is 0.607. The molecule has 1 aromatic heterocycles. The number of hydrogen-bond donors (Lipinski definition) is 2. The van der Waals surface area contributed by atoms with Gasteiger partial charge < -0.3 is 9.72 Å². The fraction of sp³-hybridized carbons (Fsp3) is 0.526. The lowest BCUT2D eigenvalue weighted by atomic mass is 9.86. The van der Waals surface area contributed by atoms with Gasteiger partial charge in [0.25, 0.3) is 0 Å². The number of aromatic amines is 1. The van der Waals surface area contributed by atoms with E-state index in [-0.39, 0.29) is 5.12 Å². The lowest BCUT2D eigenvalue weighted by molar-refractivity contribution is -0.123. The molecule has 1 unspecified atom stereocenters. The maximum absolute atomic E-state index is 12.7. The number of para-hydroxylation sites is 1. The maximum Gasteiger partial charge on any atom is 0.183 e. The van der Waals surface area contributed by atoms with Gasteiger partial charge in [0, 0.05) is 10.9 Å². The molecule has 1 aliphatic rings. The molecule has 3 rings (SSSR count). The molecule has 1 atom stereocenters. The van der Waals surface area contributed by atoms with Crippen molar-refractivity contribution in [3.8, 4) is 0 Å². The minimum atomic E-state index is -1.53. The number of carbonyl (C=O) groups excluding carboxylic acids is 1. The lowest BCUT2D eigenvalue weighted by Crippen LogP contribution is -2.37. The van der Waals surface area contributed by atoms with Crippen molar-refractivity contribution in [2.75, 3.05) is 19.1 Å². The highest BCUT2D eigenvalue weighted by molar-refractivity contribution is 8.93. The molecule has 0 saturated carbocycles. The fourth-order valence-electron chi connectivity index (χ4n) is 3.65. The van der Waals surface area contributed by atoms with Crippen molar-refractivity contribution in [3.63, 3.8) is 0 Å². The van der Waals surface area contributed by atoms with Gasteiger partial charge >= 0.3 is 0 Å². The van der Waals surface area contributed by atoms with Gasteiger partial charge in [0.1, 0.15) is 5.60 Å². The molecule has 0 aliphatic carbocycles. The summed E-state index contributed by atoms with van der Waals surface area (Å²) >= 11 is 4.54. The van der Waals surface area contributed by atoms with E-state index in [1.807, 2.05) is 12.5 Å². The first-order chi connectivity index (χ1) is 11.3. The second-order valence-electron chi connectivity index (χ2n) is 6.94. The number of hydrogen-bond acceptors (Lipinski definition) is 3. The number of carbonyl (C=O) groups is 1. The average Bonchev–Trinajstić information content (AvgIpc) is 2.94. The summed E-state index contributed by atoms with van der Waals surface area (Å²) in [6, 6.07) is 6.49. The number of benzene rings is 1. The number of aromatic nitrogens is 1. The van der Waals surface area contributed by atoms with Gasteiger partial charge in [-0.05, 0) is 42.9 Å². The zero-order valence-electron chi connectivity index (χ0n) is 14.9. The minimum absolute atomic E-state index is 0.204. The molecule has 3 nitrogen and oxygen atoms in total. The first-order valence-electron chi connectivity index (χ1n) is 8.58. The Kier molecular flexibility index (Phi) is 4.80. The Morgan fingerprint density at radius 1 is 1.38 bits per heavy atom. The lowest BCUT2D eigenvalue weighted by Gasteiger charge is -2.38. The van der Waals surface area contributed by atoms with Crippen molar-refractivity contribution in [1.82, 2.24) is 4.98 Å². The maximum atomic E-state index is 12.7. The molecule has 5 heteroatoms. The van der Waals surface area contributed by atoms with Crippen LogP contribution in [-0.2, 0) is 28.0 Å². The molecule has 0 amide bonds. The van der Waals surface area contributed by atoms with Crippen LogP contribution in [0.3, 0.4) is 0 Å². The Hall–Kier alpha value is -0.910. The molecule has 1 aromatic carbocycles. The van der Waals surface area contributed by atoms with E-state index in [9.17, 15) is 4.79 Å². The van der Waals surface area contributed by atoms with Crippen molar-refractivity contribution in [2.45, 2.75) is 45.1 Å². The number of H-pyrrole nitrogens is 1. The standard InChI is InChI=1S/C19H27NO2S2/c1-5-13-8-7-9-14-15-10-11-22-19(6-2,18(15)20-17(13)14)12-16(21)24(3,4)23/h7-9,20,23H,5-6,10-12H2,1-4H3. The van der Waals surface area contributed by atoms with Crippen LogP contribution in [0.15, 0.2) is 18.2 Å². The van der Waals surface area contributed by atoms with Crippen LogP contribution in [0.1, 0.15) is 43.5 Å². The molecule has 1 N–H and O–H groups in total. The molecular formula is C19H27NO2S2. The highest BCUT2D eigenvalue weighted by Crippen LogP contribution is 2.51. The molecule has 2 aromatic rings. The zero-order chi connectivity index (χ0) is 17.5. The van der Waals surface area contributed by atoms with Crippen LogP contribution in [0.5, 0.6) is 0 Å². The van der Waals surface area contributed by atoms with Crippen molar-refractivity contribution >= 4 is 36.7 Å². The van der Waals surface area contributed by atoms with Crippen LogP contribution in [0.25, 0.3) is 10.9 Å². The van der Waals surface area contributed by atoms with E-state index in [1.54, 1.807) is 0 Å². The van der Waals surface area contributed by atoms with E-state index in [0.29, 0.717) is 13.0 Å². The summed E-state index contributed by atoms with van der Waals surface area (Å²) < 4.78 is 6.24. The van der Waals surface area contributed by atoms with E-state index in [0.717, 1.165) is 25.0 Å².